The van der Waals surface area contributed by atoms with Crippen molar-refractivity contribution in [3.8, 4) is 33.6 Å². The summed E-state index contributed by atoms with van der Waals surface area (Å²) in [5.74, 6) is 3.85. The Morgan fingerprint density at radius 1 is 0.528 bits per heavy atom. The summed E-state index contributed by atoms with van der Waals surface area (Å²) in [7, 11) is 0. The Morgan fingerprint density at radius 3 is 1.45 bits per heavy atom. The molecule has 5 nitrogen and oxygen atoms in total. The second-order valence-electron chi connectivity index (χ2n) is 15.1. The Bertz CT molecular complexity index is 2040. The summed E-state index contributed by atoms with van der Waals surface area (Å²) in [6.45, 7) is 18.0. The number of allylic oxidation sites excluding steroid dienone is 2. The van der Waals surface area contributed by atoms with Gasteiger partial charge >= 0.3 is 21.1 Å². The molecule has 7 heteroatoms. The minimum atomic E-state index is -0.0691. The maximum Gasteiger partial charge on any atom is 2.00 e. The summed E-state index contributed by atoms with van der Waals surface area (Å²) in [4.78, 5) is 2.25. The number of rotatable bonds is 10. The first kappa shape index (κ1) is 38.1. The summed E-state index contributed by atoms with van der Waals surface area (Å²) >= 11 is 0. The van der Waals surface area contributed by atoms with Crippen LogP contribution < -0.4 is 10.3 Å². The molecular weight excluding hydrogens is 828 g/mol. The molecule has 0 aliphatic carbocycles. The van der Waals surface area contributed by atoms with Crippen LogP contribution >= 0.6 is 0 Å². The zero-order valence-corrected chi connectivity index (χ0v) is 34.3. The first-order valence-electron chi connectivity index (χ1n) is 18.6. The smallest absolute Gasteiger partial charge is 0.406 e. The fourth-order valence-corrected chi connectivity index (χ4v) is 7.43. The third kappa shape index (κ3) is 7.71. The van der Waals surface area contributed by atoms with Crippen LogP contribution in [0.25, 0.3) is 33.6 Å². The van der Waals surface area contributed by atoms with Gasteiger partial charge in [0.25, 0.3) is 6.85 Å². The van der Waals surface area contributed by atoms with E-state index in [1.165, 1.54) is 33.4 Å². The molecule has 0 saturated carbocycles. The molecule has 0 amide bonds. The molecule has 0 radical (unpaired) electrons. The number of hydrogen-bond donors (Lipinski definition) is 0. The van der Waals surface area contributed by atoms with Crippen LogP contribution in [0.15, 0.2) is 122 Å². The zero-order valence-electron chi connectivity index (χ0n) is 32.0. The van der Waals surface area contributed by atoms with Gasteiger partial charge in [0.1, 0.15) is 0 Å². The van der Waals surface area contributed by atoms with Gasteiger partial charge < -0.3 is 4.81 Å². The minimum Gasteiger partial charge on any atom is -0.406 e. The van der Waals surface area contributed by atoms with Crippen molar-refractivity contribution < 1.29 is 21.1 Å². The predicted molar refractivity (Wildman–Crippen MR) is 218 cm³/mol. The van der Waals surface area contributed by atoms with Crippen LogP contribution in [0.4, 0.5) is 5.69 Å². The monoisotopic (exact) mass is 876 g/mol. The Kier molecular flexibility index (Phi) is 11.6. The number of anilines is 1. The molecule has 7 rings (SSSR count). The maximum atomic E-state index is 4.85. The van der Waals surface area contributed by atoms with Gasteiger partial charge in [-0.15, -0.1) is 24.3 Å². The van der Waals surface area contributed by atoms with E-state index in [-0.39, 0.29) is 27.9 Å². The zero-order chi connectivity index (χ0) is 36.5. The Hall–Kier alpha value is -4.67. The van der Waals surface area contributed by atoms with Crippen molar-refractivity contribution in [3.05, 3.63) is 156 Å². The van der Waals surface area contributed by atoms with E-state index in [4.69, 9.17) is 10.2 Å². The van der Waals surface area contributed by atoms with Crippen LogP contribution in [-0.4, -0.2) is 26.4 Å². The number of hydrogen-bond acceptors (Lipinski definition) is 3. The van der Waals surface area contributed by atoms with Crippen LogP contribution in [-0.2, 0) is 21.1 Å². The van der Waals surface area contributed by atoms with E-state index >= 15 is 0 Å². The van der Waals surface area contributed by atoms with Crippen molar-refractivity contribution in [1.82, 2.24) is 19.6 Å². The van der Waals surface area contributed by atoms with Crippen molar-refractivity contribution in [2.45, 2.75) is 79.1 Å². The van der Waals surface area contributed by atoms with Crippen molar-refractivity contribution in [3.63, 3.8) is 0 Å². The van der Waals surface area contributed by atoms with Gasteiger partial charge in [0.2, 0.25) is 0 Å². The minimum absolute atomic E-state index is 0. The molecule has 3 heterocycles. The van der Waals surface area contributed by atoms with Gasteiger partial charge in [-0.05, 0) is 80.7 Å². The summed E-state index contributed by atoms with van der Waals surface area (Å²) in [6.07, 6.45) is 14.6. The Balaban J connectivity index is 0.00000481. The van der Waals surface area contributed by atoms with Crippen LogP contribution in [0, 0.1) is 12.1 Å². The molecular formula is C46H48BN5Pt. The maximum absolute atomic E-state index is 4.85. The molecule has 0 spiro atoms. The van der Waals surface area contributed by atoms with E-state index in [9.17, 15) is 0 Å². The average molecular weight is 877 g/mol. The molecule has 1 aliphatic rings. The van der Waals surface area contributed by atoms with Gasteiger partial charge in [-0.25, -0.2) is 0 Å². The SMILES string of the molecule is CC(C)c1cccc(C(C)C)c1-c1cnn(-c2[c-]c(B3C=CC=CN3c3[c-]c(-n4cc(-c5c(C(C)C)cccc5C(C)C)cn4)ccc3)ccc2)c1.[Pt+2]. The van der Waals surface area contributed by atoms with E-state index in [1.807, 2.05) is 21.8 Å². The Morgan fingerprint density at radius 2 is 0.962 bits per heavy atom. The van der Waals surface area contributed by atoms with E-state index in [0.717, 1.165) is 33.7 Å². The van der Waals surface area contributed by atoms with Crippen LogP contribution in [0.2, 0.25) is 0 Å². The molecule has 270 valence electrons. The third-order valence-corrected chi connectivity index (χ3v) is 10.1. The van der Waals surface area contributed by atoms with Crippen LogP contribution in [0.1, 0.15) is 101 Å². The van der Waals surface area contributed by atoms with E-state index < -0.39 is 0 Å². The molecule has 0 bridgehead atoms. The Labute approximate surface area is 330 Å². The van der Waals surface area contributed by atoms with Crippen molar-refractivity contribution in [1.29, 1.82) is 0 Å². The third-order valence-electron chi connectivity index (χ3n) is 10.1. The molecule has 0 atom stereocenters. The summed E-state index contributed by atoms with van der Waals surface area (Å²) in [6, 6.07) is 33.3. The average Bonchev–Trinajstić information content (AvgIpc) is 3.85. The van der Waals surface area contributed by atoms with Gasteiger partial charge in [0.15, 0.2) is 0 Å². The van der Waals surface area contributed by atoms with E-state index in [1.54, 1.807) is 0 Å². The molecule has 4 aromatic carbocycles. The fourth-order valence-electron chi connectivity index (χ4n) is 7.43. The largest absolute Gasteiger partial charge is 2.00 e. The van der Waals surface area contributed by atoms with Gasteiger partial charge in [0, 0.05) is 23.5 Å². The second-order valence-corrected chi connectivity index (χ2v) is 15.1. The molecule has 0 saturated heterocycles. The van der Waals surface area contributed by atoms with Gasteiger partial charge in [-0.2, -0.15) is 39.9 Å². The molecule has 0 fully saturated rings. The van der Waals surface area contributed by atoms with Crippen molar-refractivity contribution >= 4 is 18.0 Å². The molecule has 0 N–H and O–H groups in total. The second kappa shape index (κ2) is 16.1. The molecule has 1 aliphatic heterocycles. The standard InChI is InChI=1S/C46H48BN5.Pt/c1-31(2)41-19-13-20-42(32(3)4)45(41)35-27-48-51(29-35)39-17-11-15-37(25-39)47-23-9-10-24-50(47)38-16-12-18-40(26-38)52-30-36(28-49-52)46-43(33(5)6)21-14-22-44(46)34(7)8;/h9-24,27-34H,1-8H3;/q-2;+2. The first-order chi connectivity index (χ1) is 25.1. The topological polar surface area (TPSA) is 38.9 Å². The van der Waals surface area contributed by atoms with Gasteiger partial charge in [-0.3, -0.25) is 9.36 Å². The summed E-state index contributed by atoms with van der Waals surface area (Å²) in [5, 5.41) is 9.69. The normalized spacial score (nSPS) is 12.8. The summed E-state index contributed by atoms with van der Waals surface area (Å²) in [5.41, 5.74) is 14.1. The first-order valence-corrected chi connectivity index (χ1v) is 18.6. The number of aromatic nitrogens is 4. The van der Waals surface area contributed by atoms with Gasteiger partial charge in [0.05, 0.1) is 12.4 Å². The molecule has 2 aromatic heterocycles. The molecule has 53 heavy (non-hydrogen) atoms. The van der Waals surface area contributed by atoms with Crippen molar-refractivity contribution in [2.24, 2.45) is 0 Å². The fraction of sp³-hybridized carbons (Fsp3) is 0.261. The van der Waals surface area contributed by atoms with Crippen LogP contribution in [0.5, 0.6) is 0 Å². The van der Waals surface area contributed by atoms with E-state index in [0.29, 0.717) is 23.7 Å². The quantitative estimate of drug-likeness (QED) is 0.102. The number of benzene rings is 4. The molecule has 0 unspecified atom stereocenters. The predicted octanol–water partition coefficient (Wildman–Crippen LogP) is 10.8. The summed E-state index contributed by atoms with van der Waals surface area (Å²) < 4.78 is 3.90. The van der Waals surface area contributed by atoms with E-state index in [2.05, 4.69) is 182 Å². The van der Waals surface area contributed by atoms with Crippen molar-refractivity contribution in [2.75, 3.05) is 4.81 Å². The number of nitrogens with zero attached hydrogens (tertiary/aromatic N) is 5. The van der Waals surface area contributed by atoms with Crippen LogP contribution in [0.3, 0.4) is 0 Å². The molecule has 6 aromatic rings. The van der Waals surface area contributed by atoms with Gasteiger partial charge in [-0.1, -0.05) is 110 Å².